The van der Waals surface area contributed by atoms with E-state index in [1.807, 2.05) is 43.4 Å². The number of hydrogen-bond acceptors (Lipinski definition) is 6. The van der Waals surface area contributed by atoms with Crippen LogP contribution in [0.5, 0.6) is 0 Å². The van der Waals surface area contributed by atoms with Crippen LogP contribution in [0.1, 0.15) is 35.0 Å². The van der Waals surface area contributed by atoms with E-state index in [2.05, 4.69) is 15.2 Å². The van der Waals surface area contributed by atoms with Crippen molar-refractivity contribution in [3.63, 3.8) is 0 Å². The summed E-state index contributed by atoms with van der Waals surface area (Å²) in [6, 6.07) is 13.7. The third kappa shape index (κ3) is 6.10. The van der Waals surface area contributed by atoms with Gasteiger partial charge in [0.15, 0.2) is 5.78 Å². The van der Waals surface area contributed by atoms with Crippen LogP contribution in [0.2, 0.25) is 0 Å². The van der Waals surface area contributed by atoms with Gasteiger partial charge in [0.05, 0.1) is 11.3 Å². The first-order valence-corrected chi connectivity index (χ1v) is 9.99. The number of nitrogens with zero attached hydrogens (tertiary/aromatic N) is 3. The monoisotopic (exact) mass is 396 g/mol. The number of aromatic nitrogens is 1. The van der Waals surface area contributed by atoms with Crippen LogP contribution in [-0.2, 0) is 4.79 Å². The van der Waals surface area contributed by atoms with Gasteiger partial charge >= 0.3 is 0 Å². The minimum absolute atomic E-state index is 0.105. The van der Waals surface area contributed by atoms with Crippen LogP contribution in [0, 0.1) is 18.3 Å². The first kappa shape index (κ1) is 21.5. The Balaban J connectivity index is 1.79. The highest BCUT2D eigenvalue weighted by Crippen LogP contribution is 2.23. The van der Waals surface area contributed by atoms with Gasteiger partial charge in [-0.05, 0) is 38.5 Å². The zero-order chi connectivity index (χ0) is 20.5. The number of para-hydroxylation sites is 1. The van der Waals surface area contributed by atoms with E-state index in [1.165, 1.54) is 18.7 Å². The van der Waals surface area contributed by atoms with E-state index in [0.29, 0.717) is 28.4 Å². The molecule has 1 aromatic heterocycles. The van der Waals surface area contributed by atoms with Gasteiger partial charge in [0.1, 0.15) is 11.1 Å². The van der Waals surface area contributed by atoms with Crippen LogP contribution in [-0.4, -0.2) is 42.6 Å². The summed E-state index contributed by atoms with van der Waals surface area (Å²) in [5.41, 5.74) is 2.47. The summed E-state index contributed by atoms with van der Waals surface area (Å²) in [4.78, 5) is 30.1. The molecular formula is C21H24N4O2S. The fourth-order valence-corrected chi connectivity index (χ4v) is 3.50. The Morgan fingerprint density at radius 3 is 2.64 bits per heavy atom. The molecule has 0 aliphatic rings. The number of carbonyl (C=O) groups is 2. The van der Waals surface area contributed by atoms with Crippen molar-refractivity contribution in [1.29, 1.82) is 5.26 Å². The Kier molecular flexibility index (Phi) is 8.02. The third-order valence-corrected chi connectivity index (χ3v) is 5.20. The first-order chi connectivity index (χ1) is 13.4. The van der Waals surface area contributed by atoms with E-state index in [-0.39, 0.29) is 17.4 Å². The van der Waals surface area contributed by atoms with Gasteiger partial charge in [-0.2, -0.15) is 5.26 Å². The lowest BCUT2D eigenvalue weighted by molar-refractivity contribution is -0.118. The minimum atomic E-state index is -0.128. The van der Waals surface area contributed by atoms with Gasteiger partial charge < -0.3 is 10.2 Å². The standard InChI is InChI=1S/C21H24N4O2S/c1-15-19(16(2)26)12-17(13-22)21(24-15)28-14-20(27)23-10-7-11-25(3)18-8-5-4-6-9-18/h4-6,8-9,12H,7,10-11,14H2,1-3H3,(H,23,27). The van der Waals surface area contributed by atoms with Crippen molar-refractivity contribution < 1.29 is 9.59 Å². The number of benzene rings is 1. The summed E-state index contributed by atoms with van der Waals surface area (Å²) >= 11 is 1.21. The van der Waals surface area contributed by atoms with E-state index in [1.54, 1.807) is 13.0 Å². The number of anilines is 1. The molecule has 0 saturated heterocycles. The third-order valence-electron chi connectivity index (χ3n) is 4.21. The van der Waals surface area contributed by atoms with Crippen LogP contribution in [0.25, 0.3) is 0 Å². The molecule has 1 aromatic carbocycles. The second-order valence-electron chi connectivity index (χ2n) is 6.39. The van der Waals surface area contributed by atoms with E-state index < -0.39 is 0 Å². The van der Waals surface area contributed by atoms with Gasteiger partial charge in [-0.1, -0.05) is 30.0 Å². The molecule has 1 N–H and O–H groups in total. The molecule has 0 radical (unpaired) electrons. The molecule has 0 unspecified atom stereocenters. The van der Waals surface area contributed by atoms with Crippen molar-refractivity contribution in [3.8, 4) is 6.07 Å². The number of carbonyl (C=O) groups excluding carboxylic acids is 2. The normalized spacial score (nSPS) is 10.2. The zero-order valence-corrected chi connectivity index (χ0v) is 17.2. The summed E-state index contributed by atoms with van der Waals surface area (Å²) in [6.45, 7) is 4.59. The van der Waals surface area contributed by atoms with Gasteiger partial charge in [0, 0.05) is 37.1 Å². The fraction of sp³-hybridized carbons (Fsp3) is 0.333. The molecule has 28 heavy (non-hydrogen) atoms. The maximum atomic E-state index is 12.1. The van der Waals surface area contributed by atoms with Crippen LogP contribution in [0.3, 0.4) is 0 Å². The van der Waals surface area contributed by atoms with Crippen molar-refractivity contribution in [2.45, 2.75) is 25.3 Å². The summed E-state index contributed by atoms with van der Waals surface area (Å²) in [5.74, 6) is -0.0580. The number of rotatable bonds is 9. The molecule has 0 saturated carbocycles. The quantitative estimate of drug-likeness (QED) is 0.398. The van der Waals surface area contributed by atoms with Crippen molar-refractivity contribution in [3.05, 3.63) is 53.2 Å². The summed E-state index contributed by atoms with van der Waals surface area (Å²) < 4.78 is 0. The van der Waals surface area contributed by atoms with Crippen molar-refractivity contribution in [1.82, 2.24) is 10.3 Å². The number of nitriles is 1. The molecule has 0 aliphatic carbocycles. The Labute approximate surface area is 170 Å². The average Bonchev–Trinajstić information content (AvgIpc) is 2.69. The SMILES string of the molecule is CC(=O)c1cc(C#N)c(SCC(=O)NCCCN(C)c2ccccc2)nc1C. The molecule has 146 valence electrons. The highest BCUT2D eigenvalue weighted by Gasteiger charge is 2.14. The van der Waals surface area contributed by atoms with Gasteiger partial charge in [-0.25, -0.2) is 4.98 Å². The molecule has 6 nitrogen and oxygen atoms in total. The van der Waals surface area contributed by atoms with Gasteiger partial charge in [-0.15, -0.1) is 0 Å². The Morgan fingerprint density at radius 2 is 2.00 bits per heavy atom. The molecule has 0 spiro atoms. The van der Waals surface area contributed by atoms with Crippen molar-refractivity contribution in [2.24, 2.45) is 0 Å². The largest absolute Gasteiger partial charge is 0.375 e. The number of ketones is 1. The zero-order valence-electron chi connectivity index (χ0n) is 16.4. The molecule has 0 fully saturated rings. The number of pyridine rings is 1. The fourth-order valence-electron chi connectivity index (χ4n) is 2.67. The van der Waals surface area contributed by atoms with Crippen LogP contribution < -0.4 is 10.2 Å². The van der Waals surface area contributed by atoms with Gasteiger partial charge in [-0.3, -0.25) is 9.59 Å². The number of amides is 1. The lowest BCUT2D eigenvalue weighted by Crippen LogP contribution is -2.29. The maximum absolute atomic E-state index is 12.1. The second-order valence-corrected chi connectivity index (χ2v) is 7.36. The highest BCUT2D eigenvalue weighted by molar-refractivity contribution is 8.00. The molecule has 0 atom stereocenters. The molecule has 1 amide bonds. The van der Waals surface area contributed by atoms with E-state index in [9.17, 15) is 14.9 Å². The molecule has 0 aliphatic heterocycles. The van der Waals surface area contributed by atoms with Gasteiger partial charge in [0.2, 0.25) is 5.91 Å². The van der Waals surface area contributed by atoms with Gasteiger partial charge in [0.25, 0.3) is 0 Å². The predicted octanol–water partition coefficient (Wildman–Crippen LogP) is 3.20. The Hall–Kier alpha value is -2.85. The first-order valence-electron chi connectivity index (χ1n) is 9.00. The number of thioether (sulfide) groups is 1. The number of nitrogens with one attached hydrogen (secondary N) is 1. The van der Waals surface area contributed by atoms with Crippen LogP contribution in [0.4, 0.5) is 5.69 Å². The Bertz CT molecular complexity index is 878. The number of hydrogen-bond donors (Lipinski definition) is 1. The summed E-state index contributed by atoms with van der Waals surface area (Å²) in [6.07, 6.45) is 0.829. The smallest absolute Gasteiger partial charge is 0.230 e. The topological polar surface area (TPSA) is 86.1 Å². The van der Waals surface area contributed by atoms with Crippen LogP contribution >= 0.6 is 11.8 Å². The van der Waals surface area contributed by atoms with E-state index in [4.69, 9.17) is 0 Å². The lowest BCUT2D eigenvalue weighted by atomic mass is 10.1. The van der Waals surface area contributed by atoms with Crippen LogP contribution in [0.15, 0.2) is 41.4 Å². The Morgan fingerprint density at radius 1 is 1.29 bits per heavy atom. The minimum Gasteiger partial charge on any atom is -0.375 e. The average molecular weight is 397 g/mol. The molecule has 0 bridgehead atoms. The molecule has 2 rings (SSSR count). The predicted molar refractivity (Wildman–Crippen MR) is 112 cm³/mol. The van der Waals surface area contributed by atoms with E-state index >= 15 is 0 Å². The highest BCUT2D eigenvalue weighted by atomic mass is 32.2. The molecule has 7 heteroatoms. The molecule has 1 heterocycles. The summed E-state index contributed by atoms with van der Waals surface area (Å²) in [7, 11) is 2.02. The van der Waals surface area contributed by atoms with Crippen molar-refractivity contribution in [2.75, 3.05) is 30.8 Å². The number of aryl methyl sites for hydroxylation is 1. The second kappa shape index (κ2) is 10.5. The van der Waals surface area contributed by atoms with Crippen molar-refractivity contribution >= 4 is 29.1 Å². The molecular weight excluding hydrogens is 372 g/mol. The lowest BCUT2D eigenvalue weighted by Gasteiger charge is -2.19. The summed E-state index contributed by atoms with van der Waals surface area (Å²) in [5, 5.41) is 12.6. The molecule has 2 aromatic rings. The maximum Gasteiger partial charge on any atom is 0.230 e. The van der Waals surface area contributed by atoms with E-state index in [0.717, 1.165) is 18.7 Å². The number of Topliss-reactive ketones (excluding diaryl/α,β-unsaturated/α-hetero) is 1.